The van der Waals surface area contributed by atoms with Gasteiger partial charge in [0, 0.05) is 24.2 Å². The first-order valence-electron chi connectivity index (χ1n) is 5.95. The third-order valence-corrected chi connectivity index (χ3v) is 3.19. The van der Waals surface area contributed by atoms with Crippen molar-refractivity contribution in [2.24, 2.45) is 12.9 Å². The zero-order valence-corrected chi connectivity index (χ0v) is 10.5. The van der Waals surface area contributed by atoms with Crippen LogP contribution in [0.25, 0.3) is 10.9 Å². The van der Waals surface area contributed by atoms with E-state index in [1.54, 1.807) is 17.1 Å². The Labute approximate surface area is 110 Å². The SMILES string of the molecule is Cn1nncc1C(NN)c1cccc2cccnc12. The van der Waals surface area contributed by atoms with Crippen LogP contribution in [0, 0.1) is 0 Å². The number of nitrogens with zero attached hydrogens (tertiary/aromatic N) is 4. The van der Waals surface area contributed by atoms with Crippen molar-refractivity contribution in [2.45, 2.75) is 6.04 Å². The Morgan fingerprint density at radius 2 is 2.11 bits per heavy atom. The van der Waals surface area contributed by atoms with Gasteiger partial charge in [0.05, 0.1) is 23.4 Å². The highest BCUT2D eigenvalue weighted by molar-refractivity contribution is 5.82. The first-order valence-corrected chi connectivity index (χ1v) is 5.95. The van der Waals surface area contributed by atoms with Gasteiger partial charge in [-0.25, -0.2) is 5.43 Å². The van der Waals surface area contributed by atoms with E-state index in [0.29, 0.717) is 0 Å². The van der Waals surface area contributed by atoms with Crippen LogP contribution >= 0.6 is 0 Å². The van der Waals surface area contributed by atoms with Gasteiger partial charge in [-0.2, -0.15) is 0 Å². The predicted octanol–water partition coefficient (Wildman–Crippen LogP) is 0.916. The van der Waals surface area contributed by atoms with Crippen molar-refractivity contribution in [3.05, 3.63) is 54.0 Å². The van der Waals surface area contributed by atoms with Gasteiger partial charge in [0.15, 0.2) is 0 Å². The Morgan fingerprint density at radius 3 is 2.84 bits per heavy atom. The minimum absolute atomic E-state index is 0.196. The Hall–Kier alpha value is -2.31. The van der Waals surface area contributed by atoms with Crippen molar-refractivity contribution in [2.75, 3.05) is 0 Å². The summed E-state index contributed by atoms with van der Waals surface area (Å²) in [4.78, 5) is 4.44. The second kappa shape index (κ2) is 4.75. The maximum atomic E-state index is 5.71. The normalized spacial score (nSPS) is 12.7. The Balaban J connectivity index is 2.20. The second-order valence-corrected chi connectivity index (χ2v) is 4.30. The molecule has 1 unspecified atom stereocenters. The summed E-state index contributed by atoms with van der Waals surface area (Å²) in [6.07, 6.45) is 3.48. The monoisotopic (exact) mass is 254 g/mol. The molecule has 0 amide bonds. The van der Waals surface area contributed by atoms with Crippen LogP contribution in [0.1, 0.15) is 17.3 Å². The highest BCUT2D eigenvalue weighted by Crippen LogP contribution is 2.26. The van der Waals surface area contributed by atoms with E-state index in [9.17, 15) is 0 Å². The summed E-state index contributed by atoms with van der Waals surface area (Å²) in [7, 11) is 1.84. The van der Waals surface area contributed by atoms with Gasteiger partial charge in [-0.1, -0.05) is 29.5 Å². The fraction of sp³-hybridized carbons (Fsp3) is 0.154. The average Bonchev–Trinajstić information content (AvgIpc) is 2.86. The van der Waals surface area contributed by atoms with Gasteiger partial charge < -0.3 is 0 Å². The molecule has 0 radical (unpaired) electrons. The molecule has 0 aliphatic heterocycles. The number of benzene rings is 1. The molecule has 96 valence electrons. The fourth-order valence-electron chi connectivity index (χ4n) is 2.25. The Bertz CT molecular complexity index is 700. The van der Waals surface area contributed by atoms with Crippen LogP contribution in [0.2, 0.25) is 0 Å². The van der Waals surface area contributed by atoms with Crippen LogP contribution in [0.4, 0.5) is 0 Å². The molecule has 3 N–H and O–H groups in total. The fourth-order valence-corrected chi connectivity index (χ4v) is 2.25. The van der Waals surface area contributed by atoms with Gasteiger partial charge in [0.1, 0.15) is 0 Å². The van der Waals surface area contributed by atoms with Crippen molar-refractivity contribution >= 4 is 10.9 Å². The number of para-hydroxylation sites is 1. The van der Waals surface area contributed by atoms with Crippen molar-refractivity contribution in [1.82, 2.24) is 25.4 Å². The zero-order valence-electron chi connectivity index (χ0n) is 10.5. The summed E-state index contributed by atoms with van der Waals surface area (Å²) in [5.41, 5.74) is 5.63. The minimum Gasteiger partial charge on any atom is -0.271 e. The molecule has 6 heteroatoms. The summed E-state index contributed by atoms with van der Waals surface area (Å²) in [5, 5.41) is 8.91. The lowest BCUT2D eigenvalue weighted by Crippen LogP contribution is -2.30. The zero-order chi connectivity index (χ0) is 13.2. The number of hydrogen-bond donors (Lipinski definition) is 2. The molecule has 0 aliphatic rings. The van der Waals surface area contributed by atoms with Crippen molar-refractivity contribution in [3.63, 3.8) is 0 Å². The van der Waals surface area contributed by atoms with Crippen LogP contribution in [0.3, 0.4) is 0 Å². The lowest BCUT2D eigenvalue weighted by atomic mass is 10.0. The molecule has 0 fully saturated rings. The summed E-state index contributed by atoms with van der Waals surface area (Å²) in [6.45, 7) is 0. The third kappa shape index (κ3) is 1.96. The number of nitrogens with one attached hydrogen (secondary N) is 1. The third-order valence-electron chi connectivity index (χ3n) is 3.19. The van der Waals surface area contributed by atoms with E-state index in [1.165, 1.54) is 0 Å². The maximum Gasteiger partial charge on any atom is 0.0915 e. The molecule has 0 aliphatic carbocycles. The average molecular weight is 254 g/mol. The van der Waals surface area contributed by atoms with E-state index in [1.807, 2.05) is 37.4 Å². The number of hydrogen-bond acceptors (Lipinski definition) is 5. The molecule has 0 saturated carbocycles. The Morgan fingerprint density at radius 1 is 1.26 bits per heavy atom. The summed E-state index contributed by atoms with van der Waals surface area (Å²) >= 11 is 0. The predicted molar refractivity (Wildman–Crippen MR) is 71.9 cm³/mol. The first kappa shape index (κ1) is 11.8. The van der Waals surface area contributed by atoms with E-state index in [2.05, 4.69) is 20.7 Å². The van der Waals surface area contributed by atoms with E-state index in [-0.39, 0.29) is 6.04 Å². The number of rotatable bonds is 3. The number of aryl methyl sites for hydroxylation is 1. The molecule has 2 heterocycles. The number of pyridine rings is 1. The lowest BCUT2D eigenvalue weighted by Gasteiger charge is -2.17. The van der Waals surface area contributed by atoms with Crippen LogP contribution in [-0.2, 0) is 7.05 Å². The lowest BCUT2D eigenvalue weighted by molar-refractivity contribution is 0.572. The smallest absolute Gasteiger partial charge is 0.0915 e. The van der Waals surface area contributed by atoms with Crippen LogP contribution in [-0.4, -0.2) is 20.0 Å². The highest BCUT2D eigenvalue weighted by atomic mass is 15.4. The van der Waals surface area contributed by atoms with Crippen molar-refractivity contribution in [3.8, 4) is 0 Å². The molecule has 1 atom stereocenters. The minimum atomic E-state index is -0.196. The second-order valence-electron chi connectivity index (χ2n) is 4.30. The molecule has 3 aromatic rings. The van der Waals surface area contributed by atoms with Gasteiger partial charge in [-0.05, 0) is 6.07 Å². The molecule has 2 aromatic heterocycles. The molecule has 1 aromatic carbocycles. The van der Waals surface area contributed by atoms with Crippen molar-refractivity contribution < 1.29 is 0 Å². The van der Waals surface area contributed by atoms with Crippen LogP contribution in [0.15, 0.2) is 42.7 Å². The number of nitrogens with two attached hydrogens (primary N) is 1. The van der Waals surface area contributed by atoms with Crippen LogP contribution in [0.5, 0.6) is 0 Å². The number of aromatic nitrogens is 4. The standard InChI is InChI=1S/C13H14N6/c1-19-11(8-16-18-19)13(17-14)10-6-2-4-9-5-3-7-15-12(9)10/h2-8,13,17H,14H2,1H3. The summed E-state index contributed by atoms with van der Waals surface area (Å²) < 4.78 is 1.70. The summed E-state index contributed by atoms with van der Waals surface area (Å²) in [6, 6.07) is 9.78. The van der Waals surface area contributed by atoms with E-state index in [0.717, 1.165) is 22.2 Å². The molecule has 6 nitrogen and oxygen atoms in total. The van der Waals surface area contributed by atoms with Crippen LogP contribution < -0.4 is 11.3 Å². The Kier molecular flexibility index (Phi) is 2.94. The molecule has 0 spiro atoms. The van der Waals surface area contributed by atoms with E-state index < -0.39 is 0 Å². The van der Waals surface area contributed by atoms with E-state index in [4.69, 9.17) is 5.84 Å². The van der Waals surface area contributed by atoms with Crippen molar-refractivity contribution in [1.29, 1.82) is 0 Å². The molecule has 0 saturated heterocycles. The molecule has 3 rings (SSSR count). The molecular formula is C13H14N6. The molecule has 19 heavy (non-hydrogen) atoms. The maximum absolute atomic E-state index is 5.71. The molecule has 0 bridgehead atoms. The van der Waals surface area contributed by atoms with Gasteiger partial charge >= 0.3 is 0 Å². The topological polar surface area (TPSA) is 81.7 Å². The van der Waals surface area contributed by atoms with Gasteiger partial charge in [-0.3, -0.25) is 15.5 Å². The van der Waals surface area contributed by atoms with Gasteiger partial charge in [0.25, 0.3) is 0 Å². The van der Waals surface area contributed by atoms with Gasteiger partial charge in [-0.15, -0.1) is 5.10 Å². The largest absolute Gasteiger partial charge is 0.271 e. The van der Waals surface area contributed by atoms with E-state index >= 15 is 0 Å². The first-order chi connectivity index (χ1) is 9.31. The molecular weight excluding hydrogens is 240 g/mol. The summed E-state index contributed by atoms with van der Waals surface area (Å²) in [5.74, 6) is 5.71. The quantitative estimate of drug-likeness (QED) is 0.536. The number of fused-ring (bicyclic) bond motifs is 1. The number of hydrazine groups is 1. The highest BCUT2D eigenvalue weighted by Gasteiger charge is 2.19. The van der Waals surface area contributed by atoms with Gasteiger partial charge in [0.2, 0.25) is 0 Å².